The molecule has 0 spiro atoms. The number of rotatable bonds is 2. The Balaban J connectivity index is 2.58. The molecule has 78 valence electrons. The van der Waals surface area contributed by atoms with Crippen LogP contribution in [0.15, 0.2) is 24.3 Å². The lowest BCUT2D eigenvalue weighted by Gasteiger charge is -2.01. The highest BCUT2D eigenvalue weighted by Gasteiger charge is 2.13. The predicted octanol–water partition coefficient (Wildman–Crippen LogP) is 3.52. The molecule has 15 heavy (non-hydrogen) atoms. The molecule has 2 rings (SSSR count). The standard InChI is InChI=1S/C10H8ClFN2S/c11-7-4-2-1-3-6(7)9-8(5-12)15-10(13)14-9/h1-4H,5H2,(H2,13,14). The number of aromatic nitrogens is 1. The molecule has 0 fully saturated rings. The second-order valence-electron chi connectivity index (χ2n) is 2.94. The summed E-state index contributed by atoms with van der Waals surface area (Å²) in [6.45, 7) is -0.574. The normalized spacial score (nSPS) is 10.5. The molecule has 2 N–H and O–H groups in total. The first-order valence-corrected chi connectivity index (χ1v) is 5.48. The Hall–Kier alpha value is -1.13. The van der Waals surface area contributed by atoms with E-state index in [-0.39, 0.29) is 0 Å². The lowest BCUT2D eigenvalue weighted by molar-refractivity contribution is 0.491. The molecule has 0 atom stereocenters. The summed E-state index contributed by atoms with van der Waals surface area (Å²) in [6.07, 6.45) is 0. The zero-order valence-corrected chi connectivity index (χ0v) is 9.28. The molecular weight excluding hydrogens is 235 g/mol. The van der Waals surface area contributed by atoms with Crippen molar-refractivity contribution in [1.82, 2.24) is 4.98 Å². The first kappa shape index (κ1) is 10.4. The number of anilines is 1. The number of hydrogen-bond donors (Lipinski definition) is 1. The zero-order valence-electron chi connectivity index (χ0n) is 7.71. The van der Waals surface area contributed by atoms with E-state index in [0.717, 1.165) is 16.9 Å². The summed E-state index contributed by atoms with van der Waals surface area (Å²) in [5.74, 6) is 0. The van der Waals surface area contributed by atoms with Crippen LogP contribution in [0, 0.1) is 0 Å². The summed E-state index contributed by atoms with van der Waals surface area (Å²) in [5.41, 5.74) is 6.81. The Kier molecular flexibility index (Phi) is 2.88. The average molecular weight is 243 g/mol. The average Bonchev–Trinajstić information content (AvgIpc) is 2.60. The molecule has 0 bridgehead atoms. The highest BCUT2D eigenvalue weighted by molar-refractivity contribution is 7.15. The molecule has 1 aromatic carbocycles. The van der Waals surface area contributed by atoms with Crippen LogP contribution in [-0.2, 0) is 6.67 Å². The summed E-state index contributed by atoms with van der Waals surface area (Å²) >= 11 is 7.15. The molecule has 2 nitrogen and oxygen atoms in total. The van der Waals surface area contributed by atoms with Crippen LogP contribution >= 0.6 is 22.9 Å². The third-order valence-electron chi connectivity index (χ3n) is 1.96. The van der Waals surface area contributed by atoms with Crippen LogP contribution in [0.4, 0.5) is 9.52 Å². The molecule has 5 heteroatoms. The number of nitrogens with zero attached hydrogens (tertiary/aromatic N) is 1. The van der Waals surface area contributed by atoms with E-state index in [1.165, 1.54) is 0 Å². The molecule has 0 saturated carbocycles. The van der Waals surface area contributed by atoms with E-state index in [9.17, 15) is 4.39 Å². The Morgan fingerprint density at radius 1 is 1.40 bits per heavy atom. The Bertz CT molecular complexity index is 484. The summed E-state index contributed by atoms with van der Waals surface area (Å²) < 4.78 is 12.7. The van der Waals surface area contributed by atoms with Crippen LogP contribution in [-0.4, -0.2) is 4.98 Å². The van der Waals surface area contributed by atoms with Crippen molar-refractivity contribution in [2.24, 2.45) is 0 Å². The minimum atomic E-state index is -0.574. The molecule has 0 amide bonds. The van der Waals surface area contributed by atoms with Gasteiger partial charge in [-0.1, -0.05) is 41.1 Å². The van der Waals surface area contributed by atoms with Gasteiger partial charge in [-0.3, -0.25) is 0 Å². The van der Waals surface area contributed by atoms with Gasteiger partial charge in [-0.05, 0) is 6.07 Å². The second kappa shape index (κ2) is 4.16. The van der Waals surface area contributed by atoms with Crippen LogP contribution in [0.1, 0.15) is 4.88 Å². The monoisotopic (exact) mass is 242 g/mol. The lowest BCUT2D eigenvalue weighted by Crippen LogP contribution is -1.85. The van der Waals surface area contributed by atoms with E-state index in [4.69, 9.17) is 17.3 Å². The molecular formula is C10H8ClFN2S. The molecule has 0 aliphatic rings. The fraction of sp³-hybridized carbons (Fsp3) is 0.100. The number of halogens is 2. The summed E-state index contributed by atoms with van der Waals surface area (Å²) in [4.78, 5) is 4.60. The SMILES string of the molecule is Nc1nc(-c2ccccc2Cl)c(CF)s1. The van der Waals surface area contributed by atoms with Crippen molar-refractivity contribution in [1.29, 1.82) is 0 Å². The van der Waals surface area contributed by atoms with E-state index in [0.29, 0.717) is 20.7 Å². The summed E-state index contributed by atoms with van der Waals surface area (Å²) in [7, 11) is 0. The maximum atomic E-state index is 12.7. The van der Waals surface area contributed by atoms with Gasteiger partial charge in [-0.25, -0.2) is 9.37 Å². The Morgan fingerprint density at radius 2 is 2.13 bits per heavy atom. The van der Waals surface area contributed by atoms with Crippen molar-refractivity contribution in [3.05, 3.63) is 34.2 Å². The first-order chi connectivity index (χ1) is 7.22. The topological polar surface area (TPSA) is 38.9 Å². The van der Waals surface area contributed by atoms with Gasteiger partial charge < -0.3 is 5.73 Å². The minimum Gasteiger partial charge on any atom is -0.375 e. The van der Waals surface area contributed by atoms with Gasteiger partial charge in [-0.15, -0.1) is 0 Å². The van der Waals surface area contributed by atoms with Gasteiger partial charge in [0.15, 0.2) is 5.13 Å². The molecule has 1 aromatic heterocycles. The van der Waals surface area contributed by atoms with Gasteiger partial charge in [0.05, 0.1) is 10.6 Å². The number of nitrogen functional groups attached to an aromatic ring is 1. The van der Waals surface area contributed by atoms with Crippen molar-refractivity contribution in [2.75, 3.05) is 5.73 Å². The quantitative estimate of drug-likeness (QED) is 0.875. The molecule has 0 unspecified atom stereocenters. The maximum Gasteiger partial charge on any atom is 0.180 e. The molecule has 0 radical (unpaired) electrons. The third-order valence-corrected chi connectivity index (χ3v) is 3.14. The highest BCUT2D eigenvalue weighted by Crippen LogP contribution is 2.34. The van der Waals surface area contributed by atoms with Crippen molar-refractivity contribution in [3.8, 4) is 11.3 Å². The lowest BCUT2D eigenvalue weighted by atomic mass is 10.1. The summed E-state index contributed by atoms with van der Waals surface area (Å²) in [5, 5.41) is 0.912. The number of benzene rings is 1. The Labute approximate surface area is 95.5 Å². The van der Waals surface area contributed by atoms with E-state index in [2.05, 4.69) is 4.98 Å². The fourth-order valence-electron chi connectivity index (χ4n) is 1.32. The second-order valence-corrected chi connectivity index (χ2v) is 4.46. The molecule has 0 aliphatic carbocycles. The number of nitrogens with two attached hydrogens (primary N) is 1. The van der Waals surface area contributed by atoms with Crippen LogP contribution in [0.5, 0.6) is 0 Å². The minimum absolute atomic E-state index is 0.359. The highest BCUT2D eigenvalue weighted by atomic mass is 35.5. The van der Waals surface area contributed by atoms with E-state index >= 15 is 0 Å². The van der Waals surface area contributed by atoms with Crippen LogP contribution in [0.2, 0.25) is 5.02 Å². The van der Waals surface area contributed by atoms with Gasteiger partial charge in [0, 0.05) is 10.6 Å². The van der Waals surface area contributed by atoms with Crippen molar-refractivity contribution >= 4 is 28.1 Å². The smallest absolute Gasteiger partial charge is 0.180 e. The van der Waals surface area contributed by atoms with Gasteiger partial charge in [0.25, 0.3) is 0 Å². The number of alkyl halides is 1. The van der Waals surface area contributed by atoms with E-state index in [1.807, 2.05) is 12.1 Å². The fourth-order valence-corrected chi connectivity index (χ4v) is 2.25. The van der Waals surface area contributed by atoms with E-state index < -0.39 is 6.67 Å². The predicted molar refractivity (Wildman–Crippen MR) is 61.8 cm³/mol. The first-order valence-electron chi connectivity index (χ1n) is 4.28. The van der Waals surface area contributed by atoms with Crippen LogP contribution in [0.3, 0.4) is 0 Å². The van der Waals surface area contributed by atoms with Gasteiger partial charge in [0.1, 0.15) is 6.67 Å². The van der Waals surface area contributed by atoms with Crippen molar-refractivity contribution in [3.63, 3.8) is 0 Å². The largest absolute Gasteiger partial charge is 0.375 e. The van der Waals surface area contributed by atoms with Crippen LogP contribution in [0.25, 0.3) is 11.3 Å². The van der Waals surface area contributed by atoms with Crippen molar-refractivity contribution < 1.29 is 4.39 Å². The molecule has 1 heterocycles. The van der Waals surface area contributed by atoms with Gasteiger partial charge in [-0.2, -0.15) is 0 Å². The van der Waals surface area contributed by atoms with Crippen LogP contribution < -0.4 is 5.73 Å². The molecule has 0 aliphatic heterocycles. The van der Waals surface area contributed by atoms with Gasteiger partial charge >= 0.3 is 0 Å². The third kappa shape index (κ3) is 1.96. The molecule has 2 aromatic rings. The number of hydrogen-bond acceptors (Lipinski definition) is 3. The zero-order chi connectivity index (χ0) is 10.8. The van der Waals surface area contributed by atoms with Crippen molar-refractivity contribution in [2.45, 2.75) is 6.67 Å². The molecule has 0 saturated heterocycles. The summed E-state index contributed by atoms with van der Waals surface area (Å²) in [6, 6.07) is 7.19. The Morgan fingerprint density at radius 3 is 2.80 bits per heavy atom. The number of thiazole rings is 1. The van der Waals surface area contributed by atoms with Gasteiger partial charge in [0.2, 0.25) is 0 Å². The van der Waals surface area contributed by atoms with E-state index in [1.54, 1.807) is 12.1 Å². The maximum absolute atomic E-state index is 12.7.